The Labute approximate surface area is 145 Å². The number of nitrogens with zero attached hydrogens (tertiary/aromatic N) is 1. The molecule has 1 N–H and O–H groups in total. The third-order valence-electron chi connectivity index (χ3n) is 4.41. The van der Waals surface area contributed by atoms with Crippen LogP contribution in [0.4, 0.5) is 0 Å². The maximum Gasteiger partial charge on any atom is 0.251 e. The molecule has 5 nitrogen and oxygen atoms in total. The van der Waals surface area contributed by atoms with E-state index in [9.17, 15) is 13.2 Å². The Morgan fingerprint density at radius 3 is 2.29 bits per heavy atom. The second kappa shape index (κ2) is 8.12. The number of nitrogens with one attached hydrogen (secondary N) is 1. The third kappa shape index (κ3) is 4.57. The Hall–Kier alpha value is -1.40. The van der Waals surface area contributed by atoms with Gasteiger partial charge in [0.25, 0.3) is 5.91 Å². The first-order valence-electron chi connectivity index (χ1n) is 8.73. The zero-order chi connectivity index (χ0) is 17.7. The molecule has 0 aliphatic carbocycles. The van der Waals surface area contributed by atoms with Gasteiger partial charge in [0.15, 0.2) is 0 Å². The van der Waals surface area contributed by atoms with Crippen LogP contribution in [0.3, 0.4) is 0 Å². The van der Waals surface area contributed by atoms with Gasteiger partial charge in [0.05, 0.1) is 4.90 Å². The van der Waals surface area contributed by atoms with Gasteiger partial charge in [-0.05, 0) is 48.9 Å². The number of benzene rings is 1. The quantitative estimate of drug-likeness (QED) is 0.801. The summed E-state index contributed by atoms with van der Waals surface area (Å²) in [7, 11) is -3.49. The minimum absolute atomic E-state index is 0.160. The van der Waals surface area contributed by atoms with Gasteiger partial charge in [-0.15, -0.1) is 0 Å². The predicted octanol–water partition coefficient (Wildman–Crippen LogP) is 2.88. The molecule has 0 bridgehead atoms. The minimum Gasteiger partial charge on any atom is -0.352 e. The summed E-state index contributed by atoms with van der Waals surface area (Å²) in [5, 5.41) is 2.83. The van der Waals surface area contributed by atoms with Crippen LogP contribution in [0, 0.1) is 11.8 Å². The molecular formula is C18H28N2O3S. The Kier molecular flexibility index (Phi) is 6.40. The molecule has 0 saturated carbocycles. The topological polar surface area (TPSA) is 66.5 Å². The van der Waals surface area contributed by atoms with Crippen LogP contribution in [0.25, 0.3) is 0 Å². The largest absolute Gasteiger partial charge is 0.352 e. The van der Waals surface area contributed by atoms with Gasteiger partial charge in [-0.1, -0.05) is 27.2 Å². The standard InChI is InChI=1S/C18H28N2O3S/c1-4-5-10-19-18(21)16-6-8-17(9-7-16)24(22,23)20-12-14(2)11-15(3)13-20/h6-9,14-15H,4-5,10-13H2,1-3H3,(H,19,21)/t14-,15+. The zero-order valence-corrected chi connectivity index (χ0v) is 15.6. The number of sulfonamides is 1. The highest BCUT2D eigenvalue weighted by molar-refractivity contribution is 7.89. The molecule has 134 valence electrons. The second-order valence-corrected chi connectivity index (χ2v) is 8.84. The van der Waals surface area contributed by atoms with E-state index in [2.05, 4.69) is 26.1 Å². The van der Waals surface area contributed by atoms with E-state index in [1.165, 1.54) is 12.1 Å². The molecule has 2 rings (SSSR count). The molecule has 0 spiro atoms. The molecule has 1 saturated heterocycles. The number of amides is 1. The monoisotopic (exact) mass is 352 g/mol. The van der Waals surface area contributed by atoms with Gasteiger partial charge in [-0.3, -0.25) is 4.79 Å². The fraction of sp³-hybridized carbons (Fsp3) is 0.611. The summed E-state index contributed by atoms with van der Waals surface area (Å²) in [5.41, 5.74) is 0.491. The lowest BCUT2D eigenvalue weighted by molar-refractivity contribution is 0.0953. The van der Waals surface area contributed by atoms with Crippen molar-refractivity contribution >= 4 is 15.9 Å². The van der Waals surface area contributed by atoms with Gasteiger partial charge >= 0.3 is 0 Å². The first-order chi connectivity index (χ1) is 11.3. The van der Waals surface area contributed by atoms with Crippen LogP contribution in [0.5, 0.6) is 0 Å². The van der Waals surface area contributed by atoms with Crippen LogP contribution < -0.4 is 5.32 Å². The van der Waals surface area contributed by atoms with Crippen LogP contribution in [0.2, 0.25) is 0 Å². The lowest BCUT2D eigenvalue weighted by Crippen LogP contribution is -2.42. The molecule has 6 heteroatoms. The van der Waals surface area contributed by atoms with Gasteiger partial charge in [-0.25, -0.2) is 8.42 Å². The van der Waals surface area contributed by atoms with E-state index in [1.54, 1.807) is 16.4 Å². The molecular weight excluding hydrogens is 324 g/mol. The summed E-state index contributed by atoms with van der Waals surface area (Å²) >= 11 is 0. The molecule has 2 atom stereocenters. The molecule has 0 radical (unpaired) electrons. The van der Waals surface area contributed by atoms with Crippen molar-refractivity contribution < 1.29 is 13.2 Å². The molecule has 1 aliphatic rings. The Bertz CT molecular complexity index is 645. The van der Waals surface area contributed by atoms with E-state index in [-0.39, 0.29) is 10.8 Å². The Morgan fingerprint density at radius 2 is 1.75 bits per heavy atom. The molecule has 0 unspecified atom stereocenters. The first kappa shape index (κ1) is 18.9. The van der Waals surface area contributed by atoms with Crippen LogP contribution >= 0.6 is 0 Å². The SMILES string of the molecule is CCCCNC(=O)c1ccc(S(=O)(=O)N2C[C@H](C)C[C@H](C)C2)cc1. The van der Waals surface area contributed by atoms with Crippen molar-refractivity contribution in [2.24, 2.45) is 11.8 Å². The summed E-state index contributed by atoms with van der Waals surface area (Å²) in [6.45, 7) is 7.99. The van der Waals surface area contributed by atoms with Crippen molar-refractivity contribution in [1.82, 2.24) is 9.62 Å². The molecule has 1 heterocycles. The van der Waals surface area contributed by atoms with Crippen LogP contribution in [-0.2, 0) is 10.0 Å². The van der Waals surface area contributed by atoms with E-state index >= 15 is 0 Å². The average molecular weight is 353 g/mol. The number of carbonyl (C=O) groups is 1. The van der Waals surface area contributed by atoms with Crippen LogP contribution in [0.1, 0.15) is 50.4 Å². The van der Waals surface area contributed by atoms with Gasteiger partial charge < -0.3 is 5.32 Å². The second-order valence-electron chi connectivity index (χ2n) is 6.90. The van der Waals surface area contributed by atoms with Crippen molar-refractivity contribution in [1.29, 1.82) is 0 Å². The molecule has 1 aromatic carbocycles. The first-order valence-corrected chi connectivity index (χ1v) is 10.2. The Morgan fingerprint density at radius 1 is 1.17 bits per heavy atom. The number of carbonyl (C=O) groups excluding carboxylic acids is 1. The summed E-state index contributed by atoms with van der Waals surface area (Å²) < 4.78 is 27.2. The molecule has 1 amide bonds. The lowest BCUT2D eigenvalue weighted by Gasteiger charge is -2.34. The zero-order valence-electron chi connectivity index (χ0n) is 14.8. The van der Waals surface area contributed by atoms with Crippen molar-refractivity contribution in [2.75, 3.05) is 19.6 Å². The highest BCUT2D eigenvalue weighted by Crippen LogP contribution is 2.26. The van der Waals surface area contributed by atoms with E-state index in [0.717, 1.165) is 19.3 Å². The van der Waals surface area contributed by atoms with Gasteiger partial charge in [0, 0.05) is 25.2 Å². The van der Waals surface area contributed by atoms with Gasteiger partial charge in [0.1, 0.15) is 0 Å². The van der Waals surface area contributed by atoms with Gasteiger partial charge in [0.2, 0.25) is 10.0 Å². The van der Waals surface area contributed by atoms with Gasteiger partial charge in [-0.2, -0.15) is 4.31 Å². The highest BCUT2D eigenvalue weighted by atomic mass is 32.2. The summed E-state index contributed by atoms with van der Waals surface area (Å²) in [4.78, 5) is 12.3. The van der Waals surface area contributed by atoms with Crippen molar-refractivity contribution in [3.63, 3.8) is 0 Å². The Balaban J connectivity index is 2.10. The fourth-order valence-electron chi connectivity index (χ4n) is 3.21. The van der Waals surface area contributed by atoms with Crippen molar-refractivity contribution in [3.8, 4) is 0 Å². The van der Waals surface area contributed by atoms with E-state index in [0.29, 0.717) is 37.0 Å². The van der Waals surface area contributed by atoms with Crippen molar-refractivity contribution in [2.45, 2.75) is 44.9 Å². The maximum atomic E-state index is 12.8. The van der Waals surface area contributed by atoms with E-state index < -0.39 is 10.0 Å². The van der Waals surface area contributed by atoms with Crippen molar-refractivity contribution in [3.05, 3.63) is 29.8 Å². The maximum absolute atomic E-state index is 12.8. The summed E-state index contributed by atoms with van der Waals surface area (Å²) in [6, 6.07) is 6.25. The molecule has 24 heavy (non-hydrogen) atoms. The molecule has 0 aromatic heterocycles. The summed E-state index contributed by atoms with van der Waals surface area (Å²) in [5.74, 6) is 0.576. The highest BCUT2D eigenvalue weighted by Gasteiger charge is 2.31. The third-order valence-corrected chi connectivity index (χ3v) is 6.25. The van der Waals surface area contributed by atoms with Crippen LogP contribution in [-0.4, -0.2) is 38.3 Å². The lowest BCUT2D eigenvalue weighted by atomic mass is 9.94. The normalized spacial score (nSPS) is 22.3. The number of unbranched alkanes of at least 4 members (excludes halogenated alkanes) is 1. The fourth-order valence-corrected chi connectivity index (χ4v) is 4.89. The minimum atomic E-state index is -3.49. The molecule has 1 aromatic rings. The van der Waals surface area contributed by atoms with E-state index in [1.807, 2.05) is 0 Å². The number of hydrogen-bond donors (Lipinski definition) is 1. The number of piperidine rings is 1. The van der Waals surface area contributed by atoms with E-state index in [4.69, 9.17) is 0 Å². The predicted molar refractivity (Wildman–Crippen MR) is 95.4 cm³/mol. The smallest absolute Gasteiger partial charge is 0.251 e. The molecule has 1 fully saturated rings. The molecule has 1 aliphatic heterocycles. The average Bonchev–Trinajstić information content (AvgIpc) is 2.54. The summed E-state index contributed by atoms with van der Waals surface area (Å²) in [6.07, 6.45) is 3.01. The van der Waals surface area contributed by atoms with Crippen LogP contribution in [0.15, 0.2) is 29.2 Å². The number of hydrogen-bond acceptors (Lipinski definition) is 3. The number of rotatable bonds is 6.